The summed E-state index contributed by atoms with van der Waals surface area (Å²) in [7, 11) is 1.64. The van der Waals surface area contributed by atoms with Crippen molar-refractivity contribution in [3.63, 3.8) is 0 Å². The van der Waals surface area contributed by atoms with Crippen LogP contribution in [0.4, 0.5) is 5.13 Å². The van der Waals surface area contributed by atoms with Gasteiger partial charge in [-0.15, -0.1) is 11.3 Å². The highest BCUT2D eigenvalue weighted by atomic mass is 32.2. The van der Waals surface area contributed by atoms with Gasteiger partial charge in [0.15, 0.2) is 5.13 Å². The lowest BCUT2D eigenvalue weighted by Crippen LogP contribution is -2.23. The van der Waals surface area contributed by atoms with E-state index in [1.165, 1.54) is 23.1 Å². The fourth-order valence-corrected chi connectivity index (χ4v) is 4.88. The lowest BCUT2D eigenvalue weighted by molar-refractivity contribution is -0.115. The van der Waals surface area contributed by atoms with Crippen LogP contribution in [0.1, 0.15) is 6.92 Å². The van der Waals surface area contributed by atoms with Crippen LogP contribution in [0.2, 0.25) is 0 Å². The number of hydrogen-bond donors (Lipinski definition) is 1. The molecule has 1 unspecified atom stereocenters. The number of ether oxygens (including phenoxy) is 1. The molecule has 0 saturated heterocycles. The van der Waals surface area contributed by atoms with Crippen molar-refractivity contribution in [2.45, 2.75) is 12.2 Å². The van der Waals surface area contributed by atoms with E-state index >= 15 is 0 Å². The van der Waals surface area contributed by atoms with Gasteiger partial charge in [-0.25, -0.2) is 4.98 Å². The van der Waals surface area contributed by atoms with Crippen LogP contribution in [0.15, 0.2) is 34.6 Å². The van der Waals surface area contributed by atoms with E-state index in [0.717, 1.165) is 33.7 Å². The van der Waals surface area contributed by atoms with Gasteiger partial charge in [0, 0.05) is 16.7 Å². The highest BCUT2D eigenvalue weighted by Gasteiger charge is 2.20. The molecule has 0 radical (unpaired) electrons. The number of carbonyl (C=O) groups excluding carboxylic acids is 1. The van der Waals surface area contributed by atoms with Gasteiger partial charge in [-0.05, 0) is 31.2 Å². The van der Waals surface area contributed by atoms with Gasteiger partial charge in [0.2, 0.25) is 5.91 Å². The molecule has 0 aliphatic carbocycles. The van der Waals surface area contributed by atoms with E-state index in [9.17, 15) is 4.79 Å². The number of amides is 1. The molecule has 126 valence electrons. The fraction of sp³-hybridized carbons (Fsp3) is 0.312. The van der Waals surface area contributed by atoms with Crippen LogP contribution < -0.4 is 10.1 Å². The number of carbonyl (C=O) groups is 1. The van der Waals surface area contributed by atoms with Crippen molar-refractivity contribution in [2.24, 2.45) is 4.99 Å². The predicted molar refractivity (Wildman–Crippen MR) is 105 cm³/mol. The Hall–Kier alpha value is -1.51. The highest BCUT2D eigenvalue weighted by Crippen LogP contribution is 2.29. The topological polar surface area (TPSA) is 63.6 Å². The monoisotopic (exact) mass is 379 g/mol. The molecule has 24 heavy (non-hydrogen) atoms. The molecule has 0 bridgehead atoms. The van der Waals surface area contributed by atoms with E-state index in [4.69, 9.17) is 4.74 Å². The molecule has 1 atom stereocenters. The van der Waals surface area contributed by atoms with E-state index in [1.807, 2.05) is 36.6 Å². The van der Waals surface area contributed by atoms with Gasteiger partial charge >= 0.3 is 0 Å². The van der Waals surface area contributed by atoms with E-state index in [0.29, 0.717) is 5.13 Å². The van der Waals surface area contributed by atoms with Gasteiger partial charge in [0.05, 0.1) is 24.6 Å². The van der Waals surface area contributed by atoms with Gasteiger partial charge in [-0.1, -0.05) is 23.5 Å². The van der Waals surface area contributed by atoms with Crippen molar-refractivity contribution >= 4 is 50.3 Å². The van der Waals surface area contributed by atoms with Gasteiger partial charge in [0.1, 0.15) is 10.1 Å². The Labute approximate surface area is 153 Å². The van der Waals surface area contributed by atoms with Crippen molar-refractivity contribution in [2.75, 3.05) is 24.7 Å². The first-order valence-corrected chi connectivity index (χ1v) is 10.1. The number of anilines is 1. The van der Waals surface area contributed by atoms with Gasteiger partial charge in [-0.2, -0.15) is 0 Å². The minimum Gasteiger partial charge on any atom is -0.497 e. The van der Waals surface area contributed by atoms with Crippen LogP contribution in [0.5, 0.6) is 5.75 Å². The van der Waals surface area contributed by atoms with E-state index < -0.39 is 0 Å². The second kappa shape index (κ2) is 8.04. The number of hydrogen-bond acceptors (Lipinski definition) is 7. The first-order chi connectivity index (χ1) is 11.7. The van der Waals surface area contributed by atoms with Crippen molar-refractivity contribution in [1.82, 2.24) is 4.98 Å². The summed E-state index contributed by atoms with van der Waals surface area (Å²) in [4.78, 5) is 21.1. The summed E-state index contributed by atoms with van der Waals surface area (Å²) in [6, 6.07) is 7.69. The van der Waals surface area contributed by atoms with Crippen LogP contribution in [-0.4, -0.2) is 39.9 Å². The molecule has 2 heterocycles. The zero-order valence-corrected chi connectivity index (χ0v) is 15.8. The first-order valence-electron chi connectivity index (χ1n) is 7.40. The minimum atomic E-state index is -0.192. The second-order valence-corrected chi connectivity index (χ2v) is 8.54. The van der Waals surface area contributed by atoms with Crippen molar-refractivity contribution < 1.29 is 9.53 Å². The third kappa shape index (κ3) is 4.31. The summed E-state index contributed by atoms with van der Waals surface area (Å²) in [5.74, 6) is 1.76. The molecule has 0 fully saturated rings. The smallest absolute Gasteiger partial charge is 0.239 e. The zero-order chi connectivity index (χ0) is 16.9. The van der Waals surface area contributed by atoms with Crippen LogP contribution in [0.25, 0.3) is 11.3 Å². The largest absolute Gasteiger partial charge is 0.497 e. The molecule has 0 spiro atoms. The molecule has 1 amide bonds. The maximum atomic E-state index is 12.3. The first kappa shape index (κ1) is 17.3. The molecule has 5 nitrogen and oxygen atoms in total. The van der Waals surface area contributed by atoms with Gasteiger partial charge in [0.25, 0.3) is 0 Å². The Kier molecular flexibility index (Phi) is 5.80. The summed E-state index contributed by atoms with van der Waals surface area (Å²) in [6.45, 7) is 2.73. The van der Waals surface area contributed by atoms with Crippen molar-refractivity contribution in [1.29, 1.82) is 0 Å². The molecule has 1 aliphatic rings. The zero-order valence-electron chi connectivity index (χ0n) is 13.3. The maximum Gasteiger partial charge on any atom is 0.239 e. The van der Waals surface area contributed by atoms with Gasteiger partial charge < -0.3 is 10.1 Å². The van der Waals surface area contributed by atoms with E-state index in [2.05, 4.69) is 15.3 Å². The molecular weight excluding hydrogens is 362 g/mol. The lowest BCUT2D eigenvalue weighted by atomic mass is 10.2. The third-order valence-electron chi connectivity index (χ3n) is 3.32. The average molecular weight is 380 g/mol. The Morgan fingerprint density at radius 1 is 1.38 bits per heavy atom. The number of thioether (sulfide) groups is 2. The number of nitrogens with one attached hydrogen (secondary N) is 1. The molecule has 1 aromatic heterocycles. The number of aromatic nitrogens is 1. The Bertz CT molecular complexity index is 743. The van der Waals surface area contributed by atoms with E-state index in [-0.39, 0.29) is 11.2 Å². The molecule has 1 aliphatic heterocycles. The Morgan fingerprint density at radius 2 is 2.17 bits per heavy atom. The number of thiazole rings is 1. The highest BCUT2D eigenvalue weighted by molar-refractivity contribution is 8.39. The normalized spacial score (nSPS) is 15.0. The number of aliphatic imine (C=N–C) groups is 1. The standard InChI is InChI=1S/C16H17N3O2S3/c1-10(24-16-17-7-8-22-16)14(20)19-15-18-13(9-23-15)11-3-5-12(21-2)6-4-11/h3-6,9-10H,7-8H2,1-2H3,(H,18,19,20). The summed E-state index contributed by atoms with van der Waals surface area (Å²) < 4.78 is 6.15. The Morgan fingerprint density at radius 3 is 2.83 bits per heavy atom. The van der Waals surface area contributed by atoms with E-state index in [1.54, 1.807) is 18.9 Å². The lowest BCUT2D eigenvalue weighted by Gasteiger charge is -2.09. The summed E-state index contributed by atoms with van der Waals surface area (Å²) in [5.41, 5.74) is 1.83. The number of nitrogens with zero attached hydrogens (tertiary/aromatic N) is 2. The molecular formula is C16H17N3O2S3. The van der Waals surface area contributed by atoms with Crippen molar-refractivity contribution in [3.05, 3.63) is 29.6 Å². The molecule has 0 saturated carbocycles. The molecule has 2 aromatic rings. The summed E-state index contributed by atoms with van der Waals surface area (Å²) in [6.07, 6.45) is 0. The van der Waals surface area contributed by atoms with Gasteiger partial charge in [-0.3, -0.25) is 9.79 Å². The number of benzene rings is 1. The summed E-state index contributed by atoms with van der Waals surface area (Å²) >= 11 is 4.64. The fourth-order valence-electron chi connectivity index (χ4n) is 2.02. The summed E-state index contributed by atoms with van der Waals surface area (Å²) in [5, 5.41) is 5.24. The van der Waals surface area contributed by atoms with Crippen molar-refractivity contribution in [3.8, 4) is 17.0 Å². The van der Waals surface area contributed by atoms with Crippen LogP contribution in [0, 0.1) is 0 Å². The van der Waals surface area contributed by atoms with Crippen LogP contribution in [0.3, 0.4) is 0 Å². The molecule has 1 N–H and O–H groups in total. The average Bonchev–Trinajstić information content (AvgIpc) is 3.27. The SMILES string of the molecule is COc1ccc(-c2csc(NC(=O)C(C)SC3=NCCS3)n2)cc1. The molecule has 1 aromatic carbocycles. The minimum absolute atomic E-state index is 0.0502. The second-order valence-electron chi connectivity index (χ2n) is 5.01. The molecule has 8 heteroatoms. The van der Waals surface area contributed by atoms with Crippen LogP contribution >= 0.6 is 34.9 Å². The predicted octanol–water partition coefficient (Wildman–Crippen LogP) is 3.98. The quantitative estimate of drug-likeness (QED) is 0.851. The maximum absolute atomic E-state index is 12.3. The number of rotatable bonds is 5. The number of methoxy groups -OCH3 is 1. The molecule has 3 rings (SSSR count). The van der Waals surface area contributed by atoms with Crippen LogP contribution in [-0.2, 0) is 4.79 Å². The third-order valence-corrected chi connectivity index (χ3v) is 6.39. The Balaban J connectivity index is 1.61.